The van der Waals surface area contributed by atoms with Crippen molar-refractivity contribution in [2.24, 2.45) is 4.99 Å². The predicted octanol–water partition coefficient (Wildman–Crippen LogP) is 2.88. The summed E-state index contributed by atoms with van der Waals surface area (Å²) < 4.78 is 10.7. The molecule has 0 saturated heterocycles. The zero-order valence-electron chi connectivity index (χ0n) is 16.7. The second kappa shape index (κ2) is 11.2. The number of ether oxygens (including phenoxy) is 2. The average Bonchev–Trinajstić information content (AvgIpc) is 2.69. The van der Waals surface area contributed by atoms with E-state index in [4.69, 9.17) is 9.47 Å². The molecular formula is C21H30N4O2. The molecular weight excluding hydrogens is 340 g/mol. The fourth-order valence-corrected chi connectivity index (χ4v) is 2.57. The summed E-state index contributed by atoms with van der Waals surface area (Å²) in [5.41, 5.74) is 3.56. The molecule has 2 rings (SSSR count). The van der Waals surface area contributed by atoms with Crippen molar-refractivity contribution >= 4 is 5.96 Å². The van der Waals surface area contributed by atoms with Crippen LogP contribution in [-0.4, -0.2) is 44.9 Å². The molecule has 0 spiro atoms. The van der Waals surface area contributed by atoms with Gasteiger partial charge < -0.3 is 20.1 Å². The highest BCUT2D eigenvalue weighted by Crippen LogP contribution is 2.15. The van der Waals surface area contributed by atoms with E-state index in [0.717, 1.165) is 18.1 Å². The Morgan fingerprint density at radius 1 is 1.15 bits per heavy atom. The van der Waals surface area contributed by atoms with Crippen molar-refractivity contribution in [1.29, 1.82) is 0 Å². The number of aromatic nitrogens is 1. The fourth-order valence-electron chi connectivity index (χ4n) is 2.57. The predicted molar refractivity (Wildman–Crippen MR) is 109 cm³/mol. The number of methoxy groups -OCH3 is 1. The largest absolute Gasteiger partial charge is 0.475 e. The summed E-state index contributed by atoms with van der Waals surface area (Å²) in [6.07, 6.45) is 1.72. The van der Waals surface area contributed by atoms with Gasteiger partial charge in [-0.25, -0.2) is 4.98 Å². The molecule has 0 aliphatic heterocycles. The van der Waals surface area contributed by atoms with Crippen LogP contribution < -0.4 is 15.4 Å². The Hall–Kier alpha value is -2.60. The summed E-state index contributed by atoms with van der Waals surface area (Å²) in [4.78, 5) is 8.60. The zero-order chi connectivity index (χ0) is 19.5. The Morgan fingerprint density at radius 3 is 2.63 bits per heavy atom. The quantitative estimate of drug-likeness (QED) is 0.404. The Morgan fingerprint density at radius 2 is 1.93 bits per heavy atom. The second-order valence-corrected chi connectivity index (χ2v) is 6.43. The number of aliphatic imine (C=N–C) groups is 1. The first-order valence-electron chi connectivity index (χ1n) is 9.20. The highest BCUT2D eigenvalue weighted by molar-refractivity contribution is 5.79. The number of rotatable bonds is 9. The zero-order valence-corrected chi connectivity index (χ0v) is 16.7. The lowest BCUT2D eigenvalue weighted by molar-refractivity contribution is 0.143. The van der Waals surface area contributed by atoms with E-state index in [2.05, 4.69) is 58.7 Å². The fraction of sp³-hybridized carbons (Fsp3) is 0.429. The molecule has 0 saturated carbocycles. The number of benzene rings is 1. The lowest BCUT2D eigenvalue weighted by Crippen LogP contribution is -2.38. The van der Waals surface area contributed by atoms with Gasteiger partial charge in [0.2, 0.25) is 5.88 Å². The van der Waals surface area contributed by atoms with Crippen molar-refractivity contribution in [1.82, 2.24) is 15.6 Å². The Balaban J connectivity index is 1.86. The molecule has 1 unspecified atom stereocenters. The lowest BCUT2D eigenvalue weighted by Gasteiger charge is -2.17. The van der Waals surface area contributed by atoms with E-state index in [0.29, 0.717) is 31.6 Å². The van der Waals surface area contributed by atoms with Crippen LogP contribution in [0, 0.1) is 6.92 Å². The first-order chi connectivity index (χ1) is 13.1. The minimum Gasteiger partial charge on any atom is -0.475 e. The van der Waals surface area contributed by atoms with Gasteiger partial charge in [0, 0.05) is 39.0 Å². The first kappa shape index (κ1) is 20.7. The highest BCUT2D eigenvalue weighted by Gasteiger charge is 2.08. The molecule has 6 heteroatoms. The van der Waals surface area contributed by atoms with Crippen molar-refractivity contribution in [3.8, 4) is 5.88 Å². The van der Waals surface area contributed by atoms with Crippen molar-refractivity contribution < 1.29 is 9.47 Å². The van der Waals surface area contributed by atoms with Crippen LogP contribution in [0.2, 0.25) is 0 Å². The maximum Gasteiger partial charge on any atom is 0.218 e. The van der Waals surface area contributed by atoms with E-state index in [-0.39, 0.29) is 0 Å². The molecule has 1 aromatic heterocycles. The summed E-state index contributed by atoms with van der Waals surface area (Å²) in [5, 5.41) is 6.70. The molecule has 6 nitrogen and oxygen atoms in total. The first-order valence-corrected chi connectivity index (χ1v) is 9.20. The number of nitrogens with zero attached hydrogens (tertiary/aromatic N) is 2. The van der Waals surface area contributed by atoms with E-state index in [1.165, 1.54) is 11.1 Å². The van der Waals surface area contributed by atoms with Gasteiger partial charge in [0.25, 0.3) is 0 Å². The molecule has 0 bridgehead atoms. The minimum atomic E-state index is 0.385. The van der Waals surface area contributed by atoms with Crippen LogP contribution in [0.15, 0.2) is 47.6 Å². The second-order valence-electron chi connectivity index (χ2n) is 6.43. The molecule has 0 amide bonds. The van der Waals surface area contributed by atoms with Crippen LogP contribution in [0.3, 0.4) is 0 Å². The van der Waals surface area contributed by atoms with Gasteiger partial charge in [0.1, 0.15) is 6.61 Å². The molecule has 0 fully saturated rings. The number of guanidine groups is 1. The molecule has 1 heterocycles. The molecule has 1 atom stereocenters. The molecule has 2 N–H and O–H groups in total. The summed E-state index contributed by atoms with van der Waals surface area (Å²) in [6.45, 7) is 6.69. The minimum absolute atomic E-state index is 0.385. The monoisotopic (exact) mass is 370 g/mol. The highest BCUT2D eigenvalue weighted by atomic mass is 16.5. The summed E-state index contributed by atoms with van der Waals surface area (Å²) >= 11 is 0. The molecule has 27 heavy (non-hydrogen) atoms. The number of nitrogens with one attached hydrogen (secondary N) is 2. The Labute approximate surface area is 162 Å². The normalized spacial score (nSPS) is 12.5. The number of pyridine rings is 1. The van der Waals surface area contributed by atoms with Crippen molar-refractivity contribution in [3.63, 3.8) is 0 Å². The van der Waals surface area contributed by atoms with Crippen molar-refractivity contribution in [3.05, 3.63) is 59.3 Å². The lowest BCUT2D eigenvalue weighted by atomic mass is 10.0. The van der Waals surface area contributed by atoms with Gasteiger partial charge in [-0.3, -0.25) is 4.99 Å². The summed E-state index contributed by atoms with van der Waals surface area (Å²) in [7, 11) is 3.42. The topological polar surface area (TPSA) is 67.8 Å². The standard InChI is InChI=1S/C21H30N4O2/c1-16-7-9-18(10-8-16)17(2)14-24-21(22-3)25-15-19-6-5-11-23-20(19)27-13-12-26-4/h5-11,17H,12-15H2,1-4H3,(H2,22,24,25). The van der Waals surface area contributed by atoms with Crippen LogP contribution in [0.1, 0.15) is 29.5 Å². The van der Waals surface area contributed by atoms with Gasteiger partial charge >= 0.3 is 0 Å². The maximum absolute atomic E-state index is 5.67. The van der Waals surface area contributed by atoms with E-state index >= 15 is 0 Å². The summed E-state index contributed by atoms with van der Waals surface area (Å²) in [6, 6.07) is 12.5. The van der Waals surface area contributed by atoms with Crippen LogP contribution in [0.25, 0.3) is 0 Å². The molecule has 1 aromatic carbocycles. The van der Waals surface area contributed by atoms with E-state index in [1.54, 1.807) is 20.4 Å². The van der Waals surface area contributed by atoms with Gasteiger partial charge in [0.15, 0.2) is 5.96 Å². The molecule has 2 aromatic rings. The van der Waals surface area contributed by atoms with Crippen LogP contribution in [0.5, 0.6) is 5.88 Å². The molecule has 146 valence electrons. The van der Waals surface area contributed by atoms with E-state index in [1.807, 2.05) is 12.1 Å². The van der Waals surface area contributed by atoms with E-state index < -0.39 is 0 Å². The van der Waals surface area contributed by atoms with Crippen LogP contribution in [-0.2, 0) is 11.3 Å². The van der Waals surface area contributed by atoms with Gasteiger partial charge in [-0.15, -0.1) is 0 Å². The van der Waals surface area contributed by atoms with Crippen LogP contribution in [0.4, 0.5) is 0 Å². The third-order valence-corrected chi connectivity index (χ3v) is 4.27. The van der Waals surface area contributed by atoms with Gasteiger partial charge in [-0.2, -0.15) is 0 Å². The number of aryl methyl sites for hydroxylation is 1. The van der Waals surface area contributed by atoms with Crippen molar-refractivity contribution in [2.75, 3.05) is 33.9 Å². The Kier molecular flexibility index (Phi) is 8.58. The van der Waals surface area contributed by atoms with Crippen LogP contribution >= 0.6 is 0 Å². The Bertz CT molecular complexity index is 716. The number of hydrogen-bond donors (Lipinski definition) is 2. The number of hydrogen-bond acceptors (Lipinski definition) is 4. The maximum atomic E-state index is 5.67. The average molecular weight is 370 g/mol. The third kappa shape index (κ3) is 6.90. The SMILES string of the molecule is CN=C(NCc1cccnc1OCCOC)NCC(C)c1ccc(C)cc1. The summed E-state index contributed by atoms with van der Waals surface area (Å²) in [5.74, 6) is 1.75. The van der Waals surface area contributed by atoms with Gasteiger partial charge in [-0.05, 0) is 24.5 Å². The third-order valence-electron chi connectivity index (χ3n) is 4.27. The molecule has 0 radical (unpaired) electrons. The van der Waals surface area contributed by atoms with Gasteiger partial charge in [-0.1, -0.05) is 42.8 Å². The van der Waals surface area contributed by atoms with Crippen molar-refractivity contribution in [2.45, 2.75) is 26.3 Å². The smallest absolute Gasteiger partial charge is 0.218 e. The van der Waals surface area contributed by atoms with E-state index in [9.17, 15) is 0 Å². The molecule has 0 aliphatic carbocycles. The van der Waals surface area contributed by atoms with Gasteiger partial charge in [0.05, 0.1) is 6.61 Å². The molecule has 0 aliphatic rings.